The van der Waals surface area contributed by atoms with Gasteiger partial charge < -0.3 is 4.74 Å². The van der Waals surface area contributed by atoms with Crippen LogP contribution in [0.25, 0.3) is 0 Å². The van der Waals surface area contributed by atoms with Gasteiger partial charge in [0.15, 0.2) is 0 Å². The summed E-state index contributed by atoms with van der Waals surface area (Å²) in [4.78, 5) is 0. The minimum Gasteiger partial charge on any atom is -0.497 e. The summed E-state index contributed by atoms with van der Waals surface area (Å²) in [6.07, 6.45) is 7.47. The Balaban J connectivity index is 2.93. The molecule has 0 amide bonds. The van der Waals surface area contributed by atoms with E-state index in [1.165, 1.54) is 0 Å². The van der Waals surface area contributed by atoms with Crippen molar-refractivity contribution in [1.29, 1.82) is 0 Å². The zero-order chi connectivity index (χ0) is 6.24. The lowest BCUT2D eigenvalue weighted by molar-refractivity contribution is 0.289. The Morgan fingerprint density at radius 1 is 1.25 bits per heavy atom. The quantitative estimate of drug-likeness (QED) is 0.308. The van der Waals surface area contributed by atoms with E-state index in [4.69, 9.17) is 4.74 Å². The summed E-state index contributed by atoms with van der Waals surface area (Å²) < 4.78 is 4.96. The van der Waals surface area contributed by atoms with Gasteiger partial charge in [-0.05, 0) is 13.8 Å². The molecule has 0 heterocycles. The highest BCUT2D eigenvalue weighted by molar-refractivity contribution is 4.77. The fourth-order valence-electron chi connectivity index (χ4n) is 0.304. The maximum Gasteiger partial charge on any atom is 0.105 e. The normalized spacial score (nSPS) is 11.2. The van der Waals surface area contributed by atoms with Crippen molar-refractivity contribution in [3.8, 4) is 0 Å². The smallest absolute Gasteiger partial charge is 0.105 e. The predicted molar refractivity (Wildman–Crippen MR) is 35.6 cm³/mol. The first-order valence-electron chi connectivity index (χ1n) is 2.75. The van der Waals surface area contributed by atoms with Crippen LogP contribution < -0.4 is 0 Å². The van der Waals surface area contributed by atoms with Crippen molar-refractivity contribution in [1.82, 2.24) is 0 Å². The van der Waals surface area contributed by atoms with Gasteiger partial charge in [-0.15, -0.1) is 0 Å². The third-order valence-corrected chi connectivity index (χ3v) is 0.660. The average Bonchev–Trinajstić information content (AvgIpc) is 1.81. The van der Waals surface area contributed by atoms with Gasteiger partial charge in [0.25, 0.3) is 0 Å². The Morgan fingerprint density at radius 3 is 2.50 bits per heavy atom. The van der Waals surface area contributed by atoms with E-state index >= 15 is 0 Å². The minimum absolute atomic E-state index is 0.681. The van der Waals surface area contributed by atoms with Gasteiger partial charge in [0.2, 0.25) is 0 Å². The fraction of sp³-hybridized carbons (Fsp3) is 0.429. The molecular weight excluding hydrogens is 100 g/mol. The van der Waals surface area contributed by atoms with E-state index in [0.29, 0.717) is 6.61 Å². The van der Waals surface area contributed by atoms with E-state index in [9.17, 15) is 0 Å². The van der Waals surface area contributed by atoms with Crippen LogP contribution in [0.1, 0.15) is 13.8 Å². The molecule has 0 aromatic rings. The molecule has 0 atom stereocenters. The topological polar surface area (TPSA) is 9.23 Å². The number of hydrogen-bond donors (Lipinski definition) is 0. The second-order valence-electron chi connectivity index (χ2n) is 1.37. The summed E-state index contributed by atoms with van der Waals surface area (Å²) in [5.74, 6) is 0. The summed E-state index contributed by atoms with van der Waals surface area (Å²) in [6.45, 7) is 4.58. The molecule has 0 radical (unpaired) electrons. The Hall–Kier alpha value is -0.720. The van der Waals surface area contributed by atoms with Crippen molar-refractivity contribution in [2.75, 3.05) is 6.61 Å². The van der Waals surface area contributed by atoms with Crippen LogP contribution in [-0.2, 0) is 4.74 Å². The van der Waals surface area contributed by atoms with Crippen LogP contribution in [0.3, 0.4) is 0 Å². The predicted octanol–water partition coefficient (Wildman–Crippen LogP) is 2.11. The molecule has 0 bridgehead atoms. The average molecular weight is 112 g/mol. The first-order chi connectivity index (χ1) is 3.91. The highest BCUT2D eigenvalue weighted by atomic mass is 16.5. The second-order valence-corrected chi connectivity index (χ2v) is 1.37. The molecule has 0 aromatic heterocycles. The molecule has 0 N–H and O–H groups in total. The standard InChI is InChI=1S/C7H12O/c1-3-5-7-8-6-4-2/h3-6H,7H2,1-2H3/b5-3+,6-4-. The van der Waals surface area contributed by atoms with Crippen molar-refractivity contribution in [2.45, 2.75) is 13.8 Å². The van der Waals surface area contributed by atoms with E-state index in [0.717, 1.165) is 0 Å². The Bertz CT molecular complexity index is 70.4. The van der Waals surface area contributed by atoms with E-state index < -0.39 is 0 Å². The van der Waals surface area contributed by atoms with Crippen molar-refractivity contribution < 1.29 is 4.74 Å². The van der Waals surface area contributed by atoms with Crippen LogP contribution >= 0.6 is 0 Å². The Morgan fingerprint density at radius 2 is 2.00 bits per heavy atom. The van der Waals surface area contributed by atoms with Crippen molar-refractivity contribution in [3.05, 3.63) is 24.5 Å². The van der Waals surface area contributed by atoms with Crippen molar-refractivity contribution >= 4 is 0 Å². The Kier molecular flexibility index (Phi) is 5.71. The van der Waals surface area contributed by atoms with Crippen LogP contribution in [0, 0.1) is 0 Å². The zero-order valence-electron chi connectivity index (χ0n) is 5.42. The molecule has 0 unspecified atom stereocenters. The van der Waals surface area contributed by atoms with Gasteiger partial charge in [-0.25, -0.2) is 0 Å². The largest absolute Gasteiger partial charge is 0.497 e. The summed E-state index contributed by atoms with van der Waals surface area (Å²) in [5, 5.41) is 0. The fourth-order valence-corrected chi connectivity index (χ4v) is 0.304. The second kappa shape index (κ2) is 6.28. The lowest BCUT2D eigenvalue weighted by Gasteiger charge is -1.89. The van der Waals surface area contributed by atoms with Gasteiger partial charge in [0.05, 0.1) is 6.26 Å². The lowest BCUT2D eigenvalue weighted by Crippen LogP contribution is -1.77. The van der Waals surface area contributed by atoms with Crippen LogP contribution in [0.5, 0.6) is 0 Å². The third kappa shape index (κ3) is 5.28. The Labute approximate surface area is 50.7 Å². The molecule has 1 heteroatoms. The molecule has 0 aliphatic rings. The number of allylic oxidation sites excluding steroid dienone is 2. The zero-order valence-corrected chi connectivity index (χ0v) is 5.42. The monoisotopic (exact) mass is 112 g/mol. The van der Waals surface area contributed by atoms with Gasteiger partial charge in [-0.2, -0.15) is 0 Å². The van der Waals surface area contributed by atoms with Crippen molar-refractivity contribution in [3.63, 3.8) is 0 Å². The molecule has 0 saturated carbocycles. The van der Waals surface area contributed by atoms with E-state index in [2.05, 4.69) is 0 Å². The number of hydrogen-bond acceptors (Lipinski definition) is 1. The molecule has 1 nitrogen and oxygen atoms in total. The molecule has 0 aliphatic heterocycles. The molecule has 0 saturated heterocycles. The molecule has 0 spiro atoms. The molecule has 0 aromatic carbocycles. The van der Waals surface area contributed by atoms with E-state index in [-0.39, 0.29) is 0 Å². The number of rotatable bonds is 3. The van der Waals surface area contributed by atoms with E-state index in [1.54, 1.807) is 6.26 Å². The first kappa shape index (κ1) is 7.28. The highest BCUT2D eigenvalue weighted by Gasteiger charge is 1.67. The maximum absolute atomic E-state index is 4.96. The molecule has 0 aliphatic carbocycles. The van der Waals surface area contributed by atoms with Gasteiger partial charge in [0.1, 0.15) is 6.61 Å². The van der Waals surface area contributed by atoms with Gasteiger partial charge >= 0.3 is 0 Å². The maximum atomic E-state index is 4.96. The van der Waals surface area contributed by atoms with Gasteiger partial charge in [0, 0.05) is 0 Å². The molecule has 0 rings (SSSR count). The SMILES string of the molecule is C/C=C\OC/C=C/C. The van der Waals surface area contributed by atoms with E-state index in [1.807, 2.05) is 32.1 Å². The lowest BCUT2D eigenvalue weighted by atomic mass is 10.6. The third-order valence-electron chi connectivity index (χ3n) is 0.660. The molecule has 46 valence electrons. The van der Waals surface area contributed by atoms with Gasteiger partial charge in [-0.3, -0.25) is 0 Å². The van der Waals surface area contributed by atoms with Crippen molar-refractivity contribution in [2.24, 2.45) is 0 Å². The highest BCUT2D eigenvalue weighted by Crippen LogP contribution is 1.77. The minimum atomic E-state index is 0.681. The summed E-state index contributed by atoms with van der Waals surface area (Å²) in [7, 11) is 0. The van der Waals surface area contributed by atoms with Crippen LogP contribution in [-0.4, -0.2) is 6.61 Å². The van der Waals surface area contributed by atoms with Gasteiger partial charge in [-0.1, -0.05) is 18.2 Å². The van der Waals surface area contributed by atoms with Crippen LogP contribution in [0.15, 0.2) is 24.5 Å². The summed E-state index contributed by atoms with van der Waals surface area (Å²) >= 11 is 0. The molecule has 8 heavy (non-hydrogen) atoms. The molecular formula is C7H12O. The number of ether oxygens (including phenoxy) is 1. The van der Waals surface area contributed by atoms with Crippen LogP contribution in [0.4, 0.5) is 0 Å². The molecule has 0 fully saturated rings. The van der Waals surface area contributed by atoms with Crippen LogP contribution in [0.2, 0.25) is 0 Å². The summed E-state index contributed by atoms with van der Waals surface area (Å²) in [5.41, 5.74) is 0. The summed E-state index contributed by atoms with van der Waals surface area (Å²) in [6, 6.07) is 0. The first-order valence-corrected chi connectivity index (χ1v) is 2.75.